The number of nitrogens with one attached hydrogen (secondary N) is 2. The highest BCUT2D eigenvalue weighted by Gasteiger charge is 2.25. The molecule has 1 fully saturated rings. The molecule has 2 rings (SSSR count). The van der Waals surface area contributed by atoms with Gasteiger partial charge in [-0.15, -0.1) is 11.3 Å². The molecule has 1 aliphatic carbocycles. The molecule has 0 aromatic carbocycles. The van der Waals surface area contributed by atoms with Crippen molar-refractivity contribution in [2.45, 2.75) is 50.5 Å². The van der Waals surface area contributed by atoms with Gasteiger partial charge in [0.1, 0.15) is 6.10 Å². The van der Waals surface area contributed by atoms with Crippen molar-refractivity contribution in [2.24, 2.45) is 4.99 Å². The molecule has 23 heavy (non-hydrogen) atoms. The molecule has 3 N–H and O–H groups in total. The van der Waals surface area contributed by atoms with E-state index in [0.717, 1.165) is 22.6 Å². The van der Waals surface area contributed by atoms with Crippen molar-refractivity contribution in [1.82, 2.24) is 10.6 Å². The molecule has 0 radical (unpaired) electrons. The van der Waals surface area contributed by atoms with Crippen LogP contribution in [0, 0.1) is 0 Å². The van der Waals surface area contributed by atoms with Gasteiger partial charge in [0, 0.05) is 22.7 Å². The van der Waals surface area contributed by atoms with Crippen LogP contribution in [0.1, 0.15) is 44.1 Å². The largest absolute Gasteiger partial charge is 0.386 e. The summed E-state index contributed by atoms with van der Waals surface area (Å²) in [6, 6.07) is 4.14. The van der Waals surface area contributed by atoms with Crippen LogP contribution in [0.25, 0.3) is 0 Å². The van der Waals surface area contributed by atoms with Crippen LogP contribution in [-0.2, 0) is 0 Å². The fraction of sp³-hybridized carbons (Fsp3) is 0.688. The number of aliphatic hydroxyl groups is 1. The number of nitrogens with zero attached hydrogens (tertiary/aromatic N) is 1. The van der Waals surface area contributed by atoms with Crippen LogP contribution in [0.4, 0.5) is 0 Å². The molecule has 0 spiro atoms. The zero-order valence-corrected chi connectivity index (χ0v) is 16.1. The third-order valence-corrected chi connectivity index (χ3v) is 6.38. The van der Waals surface area contributed by atoms with Crippen molar-refractivity contribution in [2.75, 3.05) is 18.8 Å². The van der Waals surface area contributed by atoms with Gasteiger partial charge >= 0.3 is 0 Å². The maximum absolute atomic E-state index is 10.2. The van der Waals surface area contributed by atoms with Gasteiger partial charge in [0.2, 0.25) is 0 Å². The molecule has 0 aliphatic heterocycles. The number of thioether (sulfide) groups is 1. The molecule has 1 aromatic heterocycles. The Morgan fingerprint density at radius 2 is 2.30 bits per heavy atom. The lowest BCUT2D eigenvalue weighted by molar-refractivity contribution is 0.191. The van der Waals surface area contributed by atoms with Gasteiger partial charge in [0.05, 0.1) is 10.9 Å². The first-order valence-electron chi connectivity index (χ1n) is 8.22. The lowest BCUT2D eigenvalue weighted by Crippen LogP contribution is -2.42. The van der Waals surface area contributed by atoms with E-state index < -0.39 is 6.10 Å². The first-order chi connectivity index (χ1) is 11.1. The molecule has 4 nitrogen and oxygen atoms in total. The molecule has 3 unspecified atom stereocenters. The van der Waals surface area contributed by atoms with Gasteiger partial charge in [-0.3, -0.25) is 4.99 Å². The summed E-state index contributed by atoms with van der Waals surface area (Å²) < 4.78 is 0.693. The van der Waals surface area contributed by atoms with Crippen molar-refractivity contribution >= 4 is 40.7 Å². The van der Waals surface area contributed by atoms with Crippen LogP contribution in [0.5, 0.6) is 0 Å². The van der Waals surface area contributed by atoms with Gasteiger partial charge in [-0.1, -0.05) is 18.5 Å². The molecule has 1 aliphatic rings. The maximum Gasteiger partial charge on any atom is 0.191 e. The van der Waals surface area contributed by atoms with Crippen LogP contribution in [0.15, 0.2) is 17.1 Å². The Balaban J connectivity index is 1.87. The quantitative estimate of drug-likeness (QED) is 0.502. The topological polar surface area (TPSA) is 56.7 Å². The average molecular weight is 376 g/mol. The van der Waals surface area contributed by atoms with E-state index in [2.05, 4.69) is 29.5 Å². The van der Waals surface area contributed by atoms with E-state index in [-0.39, 0.29) is 0 Å². The predicted octanol–water partition coefficient (Wildman–Crippen LogP) is 3.66. The zero-order valence-electron chi connectivity index (χ0n) is 13.7. The molecule has 1 saturated carbocycles. The van der Waals surface area contributed by atoms with Gasteiger partial charge in [-0.05, 0) is 44.1 Å². The summed E-state index contributed by atoms with van der Waals surface area (Å²) in [5.74, 6) is 1.97. The SMILES string of the molecule is CCNC(=NCC(O)c1ccc(Cl)s1)NC1CCC(SCC)C1. The molecular weight excluding hydrogens is 350 g/mol. The van der Waals surface area contributed by atoms with Gasteiger partial charge < -0.3 is 15.7 Å². The van der Waals surface area contributed by atoms with E-state index >= 15 is 0 Å². The third kappa shape index (κ3) is 6.18. The van der Waals surface area contributed by atoms with E-state index in [0.29, 0.717) is 16.9 Å². The number of guanidine groups is 1. The van der Waals surface area contributed by atoms with Crippen LogP contribution in [0.3, 0.4) is 0 Å². The smallest absolute Gasteiger partial charge is 0.191 e. The molecule has 1 aromatic rings. The minimum Gasteiger partial charge on any atom is -0.386 e. The highest BCUT2D eigenvalue weighted by molar-refractivity contribution is 7.99. The monoisotopic (exact) mass is 375 g/mol. The van der Waals surface area contributed by atoms with E-state index in [1.54, 1.807) is 0 Å². The summed E-state index contributed by atoms with van der Waals surface area (Å²) in [6.45, 7) is 5.42. The summed E-state index contributed by atoms with van der Waals surface area (Å²) in [4.78, 5) is 5.39. The molecule has 0 saturated heterocycles. The fourth-order valence-electron chi connectivity index (χ4n) is 2.75. The lowest BCUT2D eigenvalue weighted by Gasteiger charge is -2.18. The summed E-state index contributed by atoms with van der Waals surface area (Å²) in [7, 11) is 0. The van der Waals surface area contributed by atoms with Gasteiger partial charge in [0.15, 0.2) is 5.96 Å². The molecule has 0 bridgehead atoms. The Morgan fingerprint density at radius 3 is 2.96 bits per heavy atom. The number of aliphatic imine (C=N–C) groups is 1. The second-order valence-corrected chi connectivity index (χ2v) is 8.93. The number of aliphatic hydroxyl groups excluding tert-OH is 1. The van der Waals surface area contributed by atoms with E-state index in [4.69, 9.17) is 11.6 Å². The third-order valence-electron chi connectivity index (χ3n) is 3.82. The molecular formula is C16H26ClN3OS2. The summed E-state index contributed by atoms with van der Waals surface area (Å²) in [6.07, 6.45) is 3.04. The minimum atomic E-state index is -0.602. The summed E-state index contributed by atoms with van der Waals surface area (Å²) in [5.41, 5.74) is 0. The van der Waals surface area contributed by atoms with Crippen molar-refractivity contribution in [3.8, 4) is 0 Å². The zero-order chi connectivity index (χ0) is 16.7. The second-order valence-electron chi connectivity index (χ2n) is 5.61. The number of thiophene rings is 1. The fourth-order valence-corrected chi connectivity index (χ4v) is 4.93. The number of rotatable bonds is 7. The Kier molecular flexibility index (Phi) is 8.03. The highest BCUT2D eigenvalue weighted by Crippen LogP contribution is 2.30. The number of hydrogen-bond donors (Lipinski definition) is 3. The Morgan fingerprint density at radius 1 is 1.48 bits per heavy atom. The highest BCUT2D eigenvalue weighted by atomic mass is 35.5. The standard InChI is InChI=1S/C16H26ClN3OS2/c1-3-18-16(20-11-5-6-12(9-11)22-4-2)19-10-13(21)14-7-8-15(17)23-14/h7-8,11-13,21H,3-6,9-10H2,1-2H3,(H2,18,19,20). The van der Waals surface area contributed by atoms with Gasteiger partial charge in [0.25, 0.3) is 0 Å². The predicted molar refractivity (Wildman–Crippen MR) is 103 cm³/mol. The summed E-state index contributed by atoms with van der Waals surface area (Å²) >= 11 is 9.37. The van der Waals surface area contributed by atoms with Crippen molar-refractivity contribution in [3.05, 3.63) is 21.3 Å². The normalized spacial score (nSPS) is 23.0. The van der Waals surface area contributed by atoms with Crippen molar-refractivity contribution in [3.63, 3.8) is 0 Å². The van der Waals surface area contributed by atoms with Crippen LogP contribution in [-0.4, -0.2) is 41.2 Å². The van der Waals surface area contributed by atoms with Crippen LogP contribution >= 0.6 is 34.7 Å². The lowest BCUT2D eigenvalue weighted by atomic mass is 10.2. The average Bonchev–Trinajstić information content (AvgIpc) is 3.14. The van der Waals surface area contributed by atoms with E-state index in [1.165, 1.54) is 36.4 Å². The van der Waals surface area contributed by atoms with E-state index in [9.17, 15) is 5.11 Å². The number of hydrogen-bond acceptors (Lipinski definition) is 4. The summed E-state index contributed by atoms with van der Waals surface area (Å²) in [5, 5.41) is 17.7. The molecule has 130 valence electrons. The molecule has 7 heteroatoms. The Labute approximate surface area is 152 Å². The van der Waals surface area contributed by atoms with Gasteiger partial charge in [-0.25, -0.2) is 0 Å². The van der Waals surface area contributed by atoms with Crippen LogP contribution in [0.2, 0.25) is 4.34 Å². The minimum absolute atomic E-state index is 0.339. The van der Waals surface area contributed by atoms with Crippen LogP contribution < -0.4 is 10.6 Å². The molecule has 0 amide bonds. The van der Waals surface area contributed by atoms with Gasteiger partial charge in [-0.2, -0.15) is 11.8 Å². The molecule has 3 atom stereocenters. The molecule has 1 heterocycles. The Bertz CT molecular complexity index is 509. The number of halogens is 1. The van der Waals surface area contributed by atoms with E-state index in [1.807, 2.05) is 23.9 Å². The van der Waals surface area contributed by atoms with Crippen molar-refractivity contribution < 1.29 is 5.11 Å². The maximum atomic E-state index is 10.2. The van der Waals surface area contributed by atoms with Crippen molar-refractivity contribution in [1.29, 1.82) is 0 Å². The Hall–Kier alpha value is -0.430. The first kappa shape index (κ1) is 18.9. The second kappa shape index (κ2) is 9.77. The first-order valence-corrected chi connectivity index (χ1v) is 10.5.